The van der Waals surface area contributed by atoms with Gasteiger partial charge in [0, 0.05) is 32.0 Å². The minimum atomic E-state index is -0.428. The summed E-state index contributed by atoms with van der Waals surface area (Å²) in [5, 5.41) is 11.2. The van der Waals surface area contributed by atoms with Crippen LogP contribution >= 0.6 is 0 Å². The van der Waals surface area contributed by atoms with Crippen molar-refractivity contribution in [3.05, 3.63) is 24.3 Å². The highest BCUT2D eigenvalue weighted by atomic mass is 16.7. The molecule has 0 radical (unpaired) electrons. The fraction of sp³-hybridized carbons (Fsp3) is 0.848. The van der Waals surface area contributed by atoms with Crippen molar-refractivity contribution in [2.45, 2.75) is 140 Å². The quantitative estimate of drug-likeness (QED) is 0.145. The van der Waals surface area contributed by atoms with E-state index in [4.69, 9.17) is 23.7 Å². The van der Waals surface area contributed by atoms with Crippen LogP contribution < -0.4 is 0 Å². The Balaban J connectivity index is 1.42. The van der Waals surface area contributed by atoms with Crippen molar-refractivity contribution < 1.29 is 33.6 Å². The van der Waals surface area contributed by atoms with Gasteiger partial charge in [0.25, 0.3) is 0 Å². The van der Waals surface area contributed by atoms with Gasteiger partial charge in [-0.1, -0.05) is 56.4 Å². The zero-order chi connectivity index (χ0) is 28.0. The molecule has 0 aromatic rings. The summed E-state index contributed by atoms with van der Waals surface area (Å²) in [5.74, 6) is 0.693. The molecule has 0 aromatic carbocycles. The van der Waals surface area contributed by atoms with Gasteiger partial charge in [-0.05, 0) is 76.0 Å². The lowest BCUT2D eigenvalue weighted by Gasteiger charge is -2.31. The second kappa shape index (κ2) is 17.6. The van der Waals surface area contributed by atoms with Gasteiger partial charge in [0.2, 0.25) is 0 Å². The molecule has 2 saturated heterocycles. The van der Waals surface area contributed by atoms with E-state index in [1.54, 1.807) is 0 Å². The summed E-state index contributed by atoms with van der Waals surface area (Å²) in [6, 6.07) is 0. The molecule has 2 aliphatic heterocycles. The molecule has 0 aromatic heterocycles. The van der Waals surface area contributed by atoms with Gasteiger partial charge in [0.05, 0.1) is 25.4 Å². The molecule has 40 heavy (non-hydrogen) atoms. The van der Waals surface area contributed by atoms with Crippen LogP contribution in [0.3, 0.4) is 0 Å². The number of allylic oxidation sites excluding steroid dienone is 2. The molecule has 4 fully saturated rings. The zero-order valence-corrected chi connectivity index (χ0v) is 24.8. The lowest BCUT2D eigenvalue weighted by Crippen LogP contribution is -2.31. The van der Waals surface area contributed by atoms with Crippen molar-refractivity contribution in [1.82, 2.24) is 0 Å². The third-order valence-electron chi connectivity index (χ3n) is 9.21. The second-order valence-corrected chi connectivity index (χ2v) is 12.3. The number of esters is 1. The minimum absolute atomic E-state index is 0.0186. The number of methoxy groups -OCH3 is 1. The molecule has 0 spiro atoms. The van der Waals surface area contributed by atoms with Gasteiger partial charge in [0.15, 0.2) is 12.6 Å². The van der Waals surface area contributed by atoms with Crippen LogP contribution in [0.4, 0.5) is 0 Å². The van der Waals surface area contributed by atoms with Gasteiger partial charge < -0.3 is 28.8 Å². The first-order chi connectivity index (χ1) is 19.6. The van der Waals surface area contributed by atoms with E-state index in [1.165, 1.54) is 39.2 Å². The van der Waals surface area contributed by atoms with Crippen LogP contribution in [0.1, 0.15) is 109 Å². The summed E-state index contributed by atoms with van der Waals surface area (Å²) in [6.45, 7) is 1.53. The van der Waals surface area contributed by atoms with Crippen molar-refractivity contribution in [1.29, 1.82) is 0 Å². The molecule has 2 aliphatic carbocycles. The third-order valence-corrected chi connectivity index (χ3v) is 9.21. The van der Waals surface area contributed by atoms with Gasteiger partial charge in [-0.3, -0.25) is 4.79 Å². The second-order valence-electron chi connectivity index (χ2n) is 12.3. The topological polar surface area (TPSA) is 83.5 Å². The highest BCUT2D eigenvalue weighted by Crippen LogP contribution is 2.40. The number of hydrogen-bond donors (Lipinski definition) is 1. The standard InChI is InChI=1S/C33H54O7/c1-36-31(35)16-8-3-2-7-15-27-28(30(24-29(27)34)40-33-18-10-12-22-38-33)20-19-26(23-25-13-5-4-6-14-25)39-32-17-9-11-21-37-32/h2,7,19-20,25-30,32-34H,3-6,8-18,21-24H2,1H3/b7-2-,20-19+/t26-,27-,28-,29+,30-,32?,33?/m1/s1. The lowest BCUT2D eigenvalue weighted by atomic mass is 9.84. The number of rotatable bonds is 14. The van der Waals surface area contributed by atoms with Gasteiger partial charge in [-0.25, -0.2) is 0 Å². The van der Waals surface area contributed by atoms with Crippen LogP contribution in [0.15, 0.2) is 24.3 Å². The van der Waals surface area contributed by atoms with Crippen molar-refractivity contribution in [3.63, 3.8) is 0 Å². The Bertz CT molecular complexity index is 745. The Kier molecular flexibility index (Phi) is 14.0. The maximum Gasteiger partial charge on any atom is 0.305 e. The number of hydrogen-bond acceptors (Lipinski definition) is 7. The Morgan fingerprint density at radius 1 is 0.950 bits per heavy atom. The number of ether oxygens (including phenoxy) is 5. The summed E-state index contributed by atoms with van der Waals surface area (Å²) in [4.78, 5) is 11.4. The molecule has 4 rings (SSSR count). The van der Waals surface area contributed by atoms with Gasteiger partial charge in [-0.15, -0.1) is 0 Å². The zero-order valence-electron chi connectivity index (χ0n) is 24.8. The number of carbonyl (C=O) groups is 1. The largest absolute Gasteiger partial charge is 0.469 e. The van der Waals surface area contributed by atoms with E-state index < -0.39 is 6.10 Å². The molecule has 7 heteroatoms. The molecule has 1 N–H and O–H groups in total. The highest BCUT2D eigenvalue weighted by Gasteiger charge is 2.42. The van der Waals surface area contributed by atoms with E-state index in [9.17, 15) is 9.90 Å². The fourth-order valence-corrected chi connectivity index (χ4v) is 6.88. The van der Waals surface area contributed by atoms with E-state index >= 15 is 0 Å². The normalized spacial score (nSPS) is 33.0. The Morgan fingerprint density at radius 3 is 2.38 bits per heavy atom. The van der Waals surface area contributed by atoms with Gasteiger partial charge >= 0.3 is 5.97 Å². The molecule has 0 bridgehead atoms. The van der Waals surface area contributed by atoms with Crippen molar-refractivity contribution in [2.24, 2.45) is 17.8 Å². The van der Waals surface area contributed by atoms with Gasteiger partial charge in [-0.2, -0.15) is 0 Å². The molecule has 7 atom stereocenters. The molecule has 228 valence electrons. The molecule has 2 saturated carbocycles. The third kappa shape index (κ3) is 10.5. The summed E-state index contributed by atoms with van der Waals surface area (Å²) < 4.78 is 29.7. The van der Waals surface area contributed by atoms with E-state index in [0.29, 0.717) is 18.8 Å². The number of carbonyl (C=O) groups excluding carboxylic acids is 1. The van der Waals surface area contributed by atoms with Gasteiger partial charge in [0.1, 0.15) is 0 Å². The first kappa shape index (κ1) is 31.7. The maximum atomic E-state index is 11.4. The fourth-order valence-electron chi connectivity index (χ4n) is 6.88. The van der Waals surface area contributed by atoms with Crippen molar-refractivity contribution in [3.8, 4) is 0 Å². The first-order valence-corrected chi connectivity index (χ1v) is 16.2. The van der Waals surface area contributed by atoms with Crippen molar-refractivity contribution >= 4 is 5.97 Å². The monoisotopic (exact) mass is 562 g/mol. The number of unbranched alkanes of at least 4 members (excludes halogenated alkanes) is 1. The van der Waals surface area contributed by atoms with E-state index in [1.807, 2.05) is 0 Å². The van der Waals surface area contributed by atoms with E-state index in [2.05, 4.69) is 24.3 Å². The highest BCUT2D eigenvalue weighted by molar-refractivity contribution is 5.69. The predicted octanol–water partition coefficient (Wildman–Crippen LogP) is 6.62. The van der Waals surface area contributed by atoms with E-state index in [0.717, 1.165) is 77.4 Å². The first-order valence-electron chi connectivity index (χ1n) is 16.2. The van der Waals surface area contributed by atoms with Crippen LogP contribution in [0.5, 0.6) is 0 Å². The Labute approximate surface area is 242 Å². The number of aliphatic hydroxyl groups is 1. The van der Waals surface area contributed by atoms with Crippen LogP contribution in [-0.4, -0.2) is 62.3 Å². The van der Waals surface area contributed by atoms with E-state index in [-0.39, 0.29) is 42.6 Å². The van der Waals surface area contributed by atoms with Crippen LogP contribution in [-0.2, 0) is 28.5 Å². The average Bonchev–Trinajstić information content (AvgIpc) is 3.28. The summed E-state index contributed by atoms with van der Waals surface area (Å²) in [5.41, 5.74) is 0. The SMILES string of the molecule is COC(=O)CCC/C=C\C[C@@H]1[C@@H](/C=C/[C@H](CC2CCCCC2)OC2CCCCO2)[C@H](OC2CCCCO2)C[C@@H]1O. The molecule has 7 nitrogen and oxygen atoms in total. The minimum Gasteiger partial charge on any atom is -0.469 e. The summed E-state index contributed by atoms with van der Waals surface area (Å²) in [6.07, 6.45) is 25.5. The van der Waals surface area contributed by atoms with Crippen molar-refractivity contribution in [2.75, 3.05) is 20.3 Å². The Morgan fingerprint density at radius 2 is 1.68 bits per heavy atom. The maximum absolute atomic E-state index is 11.4. The molecule has 0 amide bonds. The molecular weight excluding hydrogens is 508 g/mol. The molecule has 4 aliphatic rings. The average molecular weight is 563 g/mol. The molecule has 2 heterocycles. The smallest absolute Gasteiger partial charge is 0.305 e. The molecule has 2 unspecified atom stereocenters. The summed E-state index contributed by atoms with van der Waals surface area (Å²) in [7, 11) is 1.43. The Hall–Kier alpha value is -1.25. The van der Waals surface area contributed by atoms with Crippen LogP contribution in [0, 0.1) is 17.8 Å². The summed E-state index contributed by atoms with van der Waals surface area (Å²) >= 11 is 0. The predicted molar refractivity (Wildman–Crippen MR) is 154 cm³/mol. The molecular formula is C33H54O7. The van der Waals surface area contributed by atoms with Crippen LogP contribution in [0.2, 0.25) is 0 Å². The lowest BCUT2D eigenvalue weighted by molar-refractivity contribution is -0.193. The van der Waals surface area contributed by atoms with Crippen LogP contribution in [0.25, 0.3) is 0 Å². The number of aliphatic hydroxyl groups excluding tert-OH is 1.